The molecule has 0 unspecified atom stereocenters. The Morgan fingerprint density at radius 1 is 0.852 bits per heavy atom. The molecule has 5 heteroatoms. The molecule has 2 heterocycles. The number of amides is 1. The highest BCUT2D eigenvalue weighted by atomic mass is 16.1. The number of hydrogen-bond acceptors (Lipinski definition) is 4. The van der Waals surface area contributed by atoms with Crippen molar-refractivity contribution >= 4 is 11.9 Å². The van der Waals surface area contributed by atoms with Crippen molar-refractivity contribution in [2.45, 2.75) is 57.4 Å². The van der Waals surface area contributed by atoms with Crippen molar-refractivity contribution in [1.82, 2.24) is 15.3 Å². The molecule has 1 saturated heterocycles. The maximum absolute atomic E-state index is 12.4. The molecule has 2 aliphatic rings. The van der Waals surface area contributed by atoms with E-state index >= 15 is 0 Å². The first-order chi connectivity index (χ1) is 13.3. The summed E-state index contributed by atoms with van der Waals surface area (Å²) in [6.45, 7) is 2.09. The third-order valence-corrected chi connectivity index (χ3v) is 5.70. The normalized spacial score (nSPS) is 18.3. The first-order valence-electron chi connectivity index (χ1n) is 10.3. The molecule has 0 atom stereocenters. The Morgan fingerprint density at radius 3 is 2.15 bits per heavy atom. The van der Waals surface area contributed by atoms with Crippen LogP contribution in [0.5, 0.6) is 0 Å². The van der Waals surface area contributed by atoms with Crippen LogP contribution in [0.25, 0.3) is 11.1 Å². The van der Waals surface area contributed by atoms with Gasteiger partial charge < -0.3 is 10.2 Å². The fourth-order valence-electron chi connectivity index (χ4n) is 4.06. The summed E-state index contributed by atoms with van der Waals surface area (Å²) in [6, 6.07) is 8.09. The molecule has 1 aliphatic carbocycles. The molecule has 2 fully saturated rings. The highest BCUT2D eigenvalue weighted by Crippen LogP contribution is 2.22. The SMILES string of the molecule is O=C(NC1CCCCC1)c1ccc(-c2cnc(N3CCCCC3)nc2)cc1. The molecule has 5 nitrogen and oxygen atoms in total. The van der Waals surface area contributed by atoms with Gasteiger partial charge in [0.2, 0.25) is 5.95 Å². The van der Waals surface area contributed by atoms with Crippen molar-refractivity contribution in [3.8, 4) is 11.1 Å². The predicted octanol–water partition coefficient (Wildman–Crippen LogP) is 4.20. The van der Waals surface area contributed by atoms with E-state index in [4.69, 9.17) is 0 Å². The van der Waals surface area contributed by atoms with Crippen LogP contribution >= 0.6 is 0 Å². The van der Waals surface area contributed by atoms with Gasteiger partial charge in [0.1, 0.15) is 0 Å². The van der Waals surface area contributed by atoms with Gasteiger partial charge in [-0.1, -0.05) is 31.4 Å². The van der Waals surface area contributed by atoms with Crippen LogP contribution in [0.15, 0.2) is 36.7 Å². The molecule has 4 rings (SSSR count). The molecule has 1 amide bonds. The van der Waals surface area contributed by atoms with Crippen molar-refractivity contribution in [3.63, 3.8) is 0 Å². The van der Waals surface area contributed by atoms with E-state index in [0.29, 0.717) is 6.04 Å². The largest absolute Gasteiger partial charge is 0.349 e. The lowest BCUT2D eigenvalue weighted by molar-refractivity contribution is 0.0927. The summed E-state index contributed by atoms with van der Waals surface area (Å²) in [7, 11) is 0. The Labute approximate surface area is 161 Å². The number of hydrogen-bond donors (Lipinski definition) is 1. The molecule has 1 aliphatic heterocycles. The molecular formula is C22H28N4O. The summed E-state index contributed by atoms with van der Waals surface area (Å²) < 4.78 is 0. The quantitative estimate of drug-likeness (QED) is 0.883. The minimum Gasteiger partial charge on any atom is -0.349 e. The molecule has 0 bridgehead atoms. The van der Waals surface area contributed by atoms with Crippen molar-refractivity contribution in [1.29, 1.82) is 0 Å². The molecule has 2 aromatic rings. The number of nitrogens with zero attached hydrogens (tertiary/aromatic N) is 3. The van der Waals surface area contributed by atoms with E-state index in [1.165, 1.54) is 38.5 Å². The lowest BCUT2D eigenvalue weighted by atomic mass is 9.95. The zero-order chi connectivity index (χ0) is 18.5. The van der Waals surface area contributed by atoms with Gasteiger partial charge in [-0.25, -0.2) is 9.97 Å². The summed E-state index contributed by atoms with van der Waals surface area (Å²) in [6.07, 6.45) is 13.4. The van der Waals surface area contributed by atoms with Crippen LogP contribution in [0.2, 0.25) is 0 Å². The molecule has 1 aromatic heterocycles. The van der Waals surface area contributed by atoms with Gasteiger partial charge in [-0.05, 0) is 49.8 Å². The van der Waals surface area contributed by atoms with E-state index < -0.39 is 0 Å². The van der Waals surface area contributed by atoms with Gasteiger partial charge >= 0.3 is 0 Å². The highest BCUT2D eigenvalue weighted by molar-refractivity contribution is 5.94. The number of rotatable bonds is 4. The molecule has 1 saturated carbocycles. The second-order valence-corrected chi connectivity index (χ2v) is 7.71. The Hall–Kier alpha value is -2.43. The number of nitrogens with one attached hydrogen (secondary N) is 1. The van der Waals surface area contributed by atoms with E-state index in [0.717, 1.165) is 48.6 Å². The van der Waals surface area contributed by atoms with Crippen molar-refractivity contribution in [2.75, 3.05) is 18.0 Å². The highest BCUT2D eigenvalue weighted by Gasteiger charge is 2.17. The van der Waals surface area contributed by atoms with Gasteiger partial charge in [-0.2, -0.15) is 0 Å². The Morgan fingerprint density at radius 2 is 1.48 bits per heavy atom. The van der Waals surface area contributed by atoms with Crippen LogP contribution in [0, 0.1) is 0 Å². The average molecular weight is 364 g/mol. The Balaban J connectivity index is 1.40. The fraction of sp³-hybridized carbons (Fsp3) is 0.500. The second-order valence-electron chi connectivity index (χ2n) is 7.71. The van der Waals surface area contributed by atoms with Crippen molar-refractivity contribution in [2.24, 2.45) is 0 Å². The van der Waals surface area contributed by atoms with Crippen LogP contribution in [-0.2, 0) is 0 Å². The molecule has 27 heavy (non-hydrogen) atoms. The topological polar surface area (TPSA) is 58.1 Å². The van der Waals surface area contributed by atoms with Crippen LogP contribution in [0.4, 0.5) is 5.95 Å². The van der Waals surface area contributed by atoms with E-state index in [1.54, 1.807) is 0 Å². The van der Waals surface area contributed by atoms with Crippen LogP contribution < -0.4 is 10.2 Å². The fourth-order valence-corrected chi connectivity index (χ4v) is 4.06. The third-order valence-electron chi connectivity index (χ3n) is 5.70. The smallest absolute Gasteiger partial charge is 0.251 e. The van der Waals surface area contributed by atoms with Crippen LogP contribution in [0.1, 0.15) is 61.7 Å². The molecule has 142 valence electrons. The van der Waals surface area contributed by atoms with Crippen LogP contribution in [0.3, 0.4) is 0 Å². The maximum atomic E-state index is 12.4. The third kappa shape index (κ3) is 4.46. The van der Waals surface area contributed by atoms with E-state index in [1.807, 2.05) is 36.7 Å². The summed E-state index contributed by atoms with van der Waals surface area (Å²) in [5.41, 5.74) is 2.74. The molecule has 1 N–H and O–H groups in total. The summed E-state index contributed by atoms with van der Waals surface area (Å²) in [4.78, 5) is 23.8. The summed E-state index contributed by atoms with van der Waals surface area (Å²) >= 11 is 0. The van der Waals surface area contributed by atoms with Gasteiger partial charge in [0.15, 0.2) is 0 Å². The minimum absolute atomic E-state index is 0.0325. The van der Waals surface area contributed by atoms with E-state index in [9.17, 15) is 4.79 Å². The molecule has 1 aromatic carbocycles. The molecule has 0 radical (unpaired) electrons. The first kappa shape index (κ1) is 18.0. The summed E-state index contributed by atoms with van der Waals surface area (Å²) in [5, 5.41) is 3.17. The average Bonchev–Trinajstić information content (AvgIpc) is 2.75. The number of piperidine rings is 1. The second kappa shape index (κ2) is 8.51. The number of aromatic nitrogens is 2. The van der Waals surface area contributed by atoms with Gasteiger partial charge in [-0.15, -0.1) is 0 Å². The number of benzene rings is 1. The summed E-state index contributed by atoms with van der Waals surface area (Å²) in [5.74, 6) is 0.854. The zero-order valence-corrected chi connectivity index (χ0v) is 15.9. The monoisotopic (exact) mass is 364 g/mol. The predicted molar refractivity (Wildman–Crippen MR) is 108 cm³/mol. The van der Waals surface area contributed by atoms with Crippen molar-refractivity contribution < 1.29 is 4.79 Å². The lowest BCUT2D eigenvalue weighted by Gasteiger charge is -2.26. The minimum atomic E-state index is 0.0325. The van der Waals surface area contributed by atoms with Crippen LogP contribution in [-0.4, -0.2) is 35.0 Å². The number of carbonyl (C=O) groups excluding carboxylic acids is 1. The molecular weight excluding hydrogens is 336 g/mol. The molecule has 0 spiro atoms. The number of anilines is 1. The van der Waals surface area contributed by atoms with Gasteiger partial charge in [0.05, 0.1) is 0 Å². The van der Waals surface area contributed by atoms with Gasteiger partial charge in [0, 0.05) is 42.7 Å². The Bertz CT molecular complexity index is 745. The standard InChI is InChI=1S/C22H28N4O/c27-21(25-20-7-3-1-4-8-20)18-11-9-17(10-12-18)19-15-23-22(24-16-19)26-13-5-2-6-14-26/h9-12,15-16,20H,1-8,13-14H2,(H,25,27). The zero-order valence-electron chi connectivity index (χ0n) is 15.9. The van der Waals surface area contributed by atoms with E-state index in [-0.39, 0.29) is 5.91 Å². The first-order valence-corrected chi connectivity index (χ1v) is 10.3. The van der Waals surface area contributed by atoms with Gasteiger partial charge in [0.25, 0.3) is 5.91 Å². The Kier molecular flexibility index (Phi) is 5.66. The van der Waals surface area contributed by atoms with Crippen molar-refractivity contribution in [3.05, 3.63) is 42.2 Å². The lowest BCUT2D eigenvalue weighted by Crippen LogP contribution is -2.36. The number of carbonyl (C=O) groups is 1. The van der Waals surface area contributed by atoms with Gasteiger partial charge in [-0.3, -0.25) is 4.79 Å². The van der Waals surface area contributed by atoms with E-state index in [2.05, 4.69) is 20.2 Å². The maximum Gasteiger partial charge on any atom is 0.251 e.